The van der Waals surface area contributed by atoms with Crippen LogP contribution in [0.25, 0.3) is 16.9 Å². The van der Waals surface area contributed by atoms with E-state index in [-0.39, 0.29) is 11.2 Å². The lowest BCUT2D eigenvalue weighted by Crippen LogP contribution is -2.39. The molecule has 3 heterocycles. The zero-order valence-corrected chi connectivity index (χ0v) is 17.2. The molecule has 0 bridgehead atoms. The highest BCUT2D eigenvalue weighted by Gasteiger charge is 2.22. The Morgan fingerprint density at radius 1 is 0.852 bits per heavy atom. The van der Waals surface area contributed by atoms with E-state index in [1.165, 1.54) is 9.13 Å². The Morgan fingerprint density at radius 2 is 1.44 bits per heavy atom. The number of nitrogens with zero attached hydrogens (tertiary/aromatic N) is 5. The van der Waals surface area contributed by atoms with Crippen molar-refractivity contribution >= 4 is 16.9 Å². The van der Waals surface area contributed by atoms with E-state index in [1.54, 1.807) is 7.05 Å². The fraction of sp³-hybridized carbons (Fsp3) is 0.650. The van der Waals surface area contributed by atoms with Gasteiger partial charge in [0.2, 0.25) is 5.78 Å². The van der Waals surface area contributed by atoms with Gasteiger partial charge in [0.15, 0.2) is 11.2 Å². The van der Waals surface area contributed by atoms with Crippen LogP contribution in [0.3, 0.4) is 0 Å². The molecule has 3 aromatic rings. The van der Waals surface area contributed by atoms with Gasteiger partial charge in [0, 0.05) is 31.5 Å². The average Bonchev–Trinajstić information content (AvgIpc) is 3.14. The molecule has 0 aromatic carbocycles. The van der Waals surface area contributed by atoms with Crippen molar-refractivity contribution in [2.75, 3.05) is 0 Å². The van der Waals surface area contributed by atoms with Crippen LogP contribution in [0.1, 0.15) is 63.8 Å². The highest BCUT2D eigenvalue weighted by atomic mass is 16.2. The maximum Gasteiger partial charge on any atom is 0.332 e. The topological polar surface area (TPSA) is 66.2 Å². The van der Waals surface area contributed by atoms with Gasteiger partial charge in [-0.1, -0.05) is 39.5 Å². The number of aryl methyl sites for hydroxylation is 3. The maximum atomic E-state index is 13.2. The van der Waals surface area contributed by atoms with Crippen molar-refractivity contribution < 1.29 is 0 Å². The first-order valence-electron chi connectivity index (χ1n) is 10.1. The van der Waals surface area contributed by atoms with Crippen molar-refractivity contribution in [2.45, 2.75) is 79.3 Å². The van der Waals surface area contributed by atoms with Crippen LogP contribution in [0.5, 0.6) is 0 Å². The fourth-order valence-electron chi connectivity index (χ4n) is 3.82. The van der Waals surface area contributed by atoms with E-state index in [9.17, 15) is 9.59 Å². The van der Waals surface area contributed by atoms with Crippen LogP contribution < -0.4 is 11.2 Å². The van der Waals surface area contributed by atoms with Crippen LogP contribution in [0.4, 0.5) is 0 Å². The highest BCUT2D eigenvalue weighted by molar-refractivity contribution is 5.76. The zero-order chi connectivity index (χ0) is 19.7. The predicted octanol–water partition coefficient (Wildman–Crippen LogP) is 3.15. The summed E-state index contributed by atoms with van der Waals surface area (Å²) in [5, 5.41) is 0. The van der Waals surface area contributed by atoms with E-state index in [4.69, 9.17) is 4.98 Å². The molecule has 0 saturated carbocycles. The van der Waals surface area contributed by atoms with E-state index in [0.29, 0.717) is 17.7 Å². The predicted molar refractivity (Wildman–Crippen MR) is 109 cm³/mol. The standard InChI is InChI=1S/C20H31N5O2/c1-6-8-10-12-23-14(3)15(4)25-16-17(21-19(23)25)22(5)20(27)24(18(16)26)13-11-9-7-2/h6-13H2,1-5H3. The fourth-order valence-corrected chi connectivity index (χ4v) is 3.82. The van der Waals surface area contributed by atoms with Gasteiger partial charge in [-0.2, -0.15) is 4.98 Å². The summed E-state index contributed by atoms with van der Waals surface area (Å²) in [7, 11) is 1.70. The molecule has 0 atom stereocenters. The number of aromatic nitrogens is 5. The van der Waals surface area contributed by atoms with Crippen molar-refractivity contribution in [2.24, 2.45) is 7.05 Å². The Morgan fingerprint density at radius 3 is 2.04 bits per heavy atom. The molecule has 0 saturated heterocycles. The van der Waals surface area contributed by atoms with Crippen LogP contribution in [-0.2, 0) is 20.1 Å². The number of fused-ring (bicyclic) bond motifs is 3. The Hall–Kier alpha value is -2.31. The third-order valence-electron chi connectivity index (χ3n) is 5.60. The van der Waals surface area contributed by atoms with Crippen molar-refractivity contribution in [3.8, 4) is 0 Å². The lowest BCUT2D eigenvalue weighted by molar-refractivity contribution is 0.550. The minimum Gasteiger partial charge on any atom is -0.314 e. The third kappa shape index (κ3) is 3.13. The molecule has 7 nitrogen and oxygen atoms in total. The Kier molecular flexibility index (Phi) is 5.58. The maximum absolute atomic E-state index is 13.2. The second kappa shape index (κ2) is 7.74. The summed E-state index contributed by atoms with van der Waals surface area (Å²) in [6.45, 7) is 9.72. The van der Waals surface area contributed by atoms with Gasteiger partial charge in [-0.05, 0) is 26.7 Å². The Balaban J connectivity index is 2.25. The monoisotopic (exact) mass is 373 g/mol. The van der Waals surface area contributed by atoms with Crippen LogP contribution in [-0.4, -0.2) is 23.1 Å². The average molecular weight is 374 g/mol. The van der Waals surface area contributed by atoms with Crippen LogP contribution in [0, 0.1) is 13.8 Å². The van der Waals surface area contributed by atoms with Crippen molar-refractivity contribution in [3.05, 3.63) is 32.2 Å². The highest BCUT2D eigenvalue weighted by Crippen LogP contribution is 2.21. The lowest BCUT2D eigenvalue weighted by atomic mass is 10.2. The number of hydrogen-bond donors (Lipinski definition) is 0. The summed E-state index contributed by atoms with van der Waals surface area (Å²) < 4.78 is 7.00. The van der Waals surface area contributed by atoms with E-state index in [2.05, 4.69) is 25.3 Å². The molecule has 0 aliphatic rings. The van der Waals surface area contributed by atoms with E-state index >= 15 is 0 Å². The molecule has 3 rings (SSSR count). The van der Waals surface area contributed by atoms with Gasteiger partial charge >= 0.3 is 5.69 Å². The molecule has 0 aliphatic heterocycles. The smallest absolute Gasteiger partial charge is 0.314 e. The lowest BCUT2D eigenvalue weighted by Gasteiger charge is -2.08. The van der Waals surface area contributed by atoms with Crippen molar-refractivity contribution in [1.29, 1.82) is 0 Å². The molecule has 148 valence electrons. The molecule has 0 radical (unpaired) electrons. The van der Waals surface area contributed by atoms with E-state index in [0.717, 1.165) is 62.2 Å². The number of imidazole rings is 2. The summed E-state index contributed by atoms with van der Waals surface area (Å²) in [6, 6.07) is 0. The van der Waals surface area contributed by atoms with Gasteiger partial charge in [-0.3, -0.25) is 18.3 Å². The summed E-state index contributed by atoms with van der Waals surface area (Å²) in [4.78, 5) is 30.6. The van der Waals surface area contributed by atoms with Gasteiger partial charge in [-0.15, -0.1) is 0 Å². The molecule has 27 heavy (non-hydrogen) atoms. The normalized spacial score (nSPS) is 11.9. The van der Waals surface area contributed by atoms with Crippen LogP contribution in [0.2, 0.25) is 0 Å². The molecular weight excluding hydrogens is 342 g/mol. The van der Waals surface area contributed by atoms with Gasteiger partial charge < -0.3 is 4.57 Å². The minimum absolute atomic E-state index is 0.231. The first kappa shape index (κ1) is 19.5. The Bertz CT molecular complexity index is 1080. The van der Waals surface area contributed by atoms with E-state index in [1.807, 2.05) is 11.3 Å². The van der Waals surface area contributed by atoms with Crippen molar-refractivity contribution in [1.82, 2.24) is 23.1 Å². The second-order valence-corrected chi connectivity index (χ2v) is 7.45. The number of unbranched alkanes of at least 4 members (excludes halogenated alkanes) is 4. The quantitative estimate of drug-likeness (QED) is 0.570. The van der Waals surface area contributed by atoms with Gasteiger partial charge in [0.05, 0.1) is 0 Å². The van der Waals surface area contributed by atoms with E-state index < -0.39 is 0 Å². The summed E-state index contributed by atoms with van der Waals surface area (Å²) in [5.74, 6) is 0.759. The summed E-state index contributed by atoms with van der Waals surface area (Å²) >= 11 is 0. The third-order valence-corrected chi connectivity index (χ3v) is 5.60. The van der Waals surface area contributed by atoms with Crippen LogP contribution >= 0.6 is 0 Å². The molecule has 0 aliphatic carbocycles. The summed E-state index contributed by atoms with van der Waals surface area (Å²) in [5.41, 5.74) is 2.61. The van der Waals surface area contributed by atoms with Crippen molar-refractivity contribution in [3.63, 3.8) is 0 Å². The second-order valence-electron chi connectivity index (χ2n) is 7.45. The molecule has 0 unspecified atom stereocenters. The Labute approximate surface area is 159 Å². The summed E-state index contributed by atoms with van der Waals surface area (Å²) in [6.07, 6.45) is 6.27. The molecule has 0 N–H and O–H groups in total. The number of rotatable bonds is 8. The molecular formula is C20H31N5O2. The minimum atomic E-state index is -0.281. The first-order valence-corrected chi connectivity index (χ1v) is 10.1. The van der Waals surface area contributed by atoms with Gasteiger partial charge in [0.25, 0.3) is 5.56 Å². The molecule has 0 spiro atoms. The SMILES string of the molecule is CCCCCn1c(=O)c2c(nc3n(CCCCC)c(C)c(C)n23)n(C)c1=O. The molecule has 3 aromatic heterocycles. The van der Waals surface area contributed by atoms with Gasteiger partial charge in [0.1, 0.15) is 0 Å². The van der Waals surface area contributed by atoms with Crippen LogP contribution in [0.15, 0.2) is 9.59 Å². The zero-order valence-electron chi connectivity index (χ0n) is 17.2. The largest absolute Gasteiger partial charge is 0.332 e. The molecule has 0 fully saturated rings. The first-order chi connectivity index (χ1) is 12.9. The van der Waals surface area contributed by atoms with Gasteiger partial charge in [-0.25, -0.2) is 4.79 Å². The molecule has 7 heteroatoms. The molecule has 0 amide bonds. The number of hydrogen-bond acceptors (Lipinski definition) is 3.